The first-order valence-electron chi connectivity index (χ1n) is 16.1. The van der Waals surface area contributed by atoms with E-state index in [2.05, 4.69) is 0 Å². The number of hydrogen-bond acceptors (Lipinski definition) is 12. The minimum Gasteiger partial charge on any atom is -0.379 e. The summed E-state index contributed by atoms with van der Waals surface area (Å²) >= 11 is 0. The molecule has 4 rings (SSSR count). The Bertz CT molecular complexity index is 590. The third-order valence-electron chi connectivity index (χ3n) is 6.95. The number of rotatable bonds is 33. The first-order valence-corrected chi connectivity index (χ1v) is 16.1. The molecule has 0 radical (unpaired) electrons. The lowest BCUT2D eigenvalue weighted by atomic mass is 10.3. The van der Waals surface area contributed by atoms with Crippen molar-refractivity contribution < 1.29 is 56.8 Å². The normalized spacial score (nSPS) is 25.4. The summed E-state index contributed by atoms with van der Waals surface area (Å²) in [6, 6.07) is 0. The maximum absolute atomic E-state index is 6.30. The second kappa shape index (κ2) is 21.3. The number of epoxide rings is 4. The van der Waals surface area contributed by atoms with E-state index in [1.165, 1.54) is 0 Å². The van der Waals surface area contributed by atoms with Gasteiger partial charge in [0.05, 0.1) is 72.7 Å². The lowest BCUT2D eigenvalue weighted by Crippen LogP contribution is -2.45. The highest BCUT2D eigenvalue weighted by atomic mass is 16.9. The molecule has 4 unspecified atom stereocenters. The van der Waals surface area contributed by atoms with Gasteiger partial charge in [-0.1, -0.05) is 0 Å². The summed E-state index contributed by atoms with van der Waals surface area (Å²) in [5.41, 5.74) is 0. The van der Waals surface area contributed by atoms with Crippen LogP contribution in [0.2, 0.25) is 0 Å². The van der Waals surface area contributed by atoms with E-state index in [1.54, 1.807) is 0 Å². The van der Waals surface area contributed by atoms with Crippen molar-refractivity contribution in [2.75, 3.05) is 112 Å². The fraction of sp³-hybridized carbons (Fsp3) is 1.00. The summed E-state index contributed by atoms with van der Waals surface area (Å²) < 4.78 is 68.3. The molecule has 0 aromatic heterocycles. The molecule has 0 spiro atoms. The zero-order chi connectivity index (χ0) is 29.0. The summed E-state index contributed by atoms with van der Waals surface area (Å²) in [5, 5.41) is 0. The van der Waals surface area contributed by atoms with Crippen LogP contribution in [0.15, 0.2) is 0 Å². The molecule has 4 atom stereocenters. The Morgan fingerprint density at radius 2 is 0.643 bits per heavy atom. The van der Waals surface area contributed by atoms with Crippen molar-refractivity contribution in [2.24, 2.45) is 0 Å². The SMILES string of the molecule is C(CCOCC(OCCCCOCC1CO1)(OCCCCOCC1CO1)OCCCCOCC1CO1)COCC1CO1. The summed E-state index contributed by atoms with van der Waals surface area (Å²) in [7, 11) is 0. The van der Waals surface area contributed by atoms with Gasteiger partial charge in [0.2, 0.25) is 0 Å². The lowest BCUT2D eigenvalue weighted by Gasteiger charge is -2.33. The highest BCUT2D eigenvalue weighted by molar-refractivity contribution is 4.69. The van der Waals surface area contributed by atoms with Crippen LogP contribution < -0.4 is 0 Å². The van der Waals surface area contributed by atoms with Crippen LogP contribution in [0.1, 0.15) is 51.4 Å². The molecule has 4 heterocycles. The minimum atomic E-state index is -1.26. The van der Waals surface area contributed by atoms with E-state index in [0.717, 1.165) is 77.8 Å². The van der Waals surface area contributed by atoms with Crippen LogP contribution in [-0.2, 0) is 56.8 Å². The van der Waals surface area contributed by atoms with Gasteiger partial charge in [0.25, 0.3) is 0 Å². The van der Waals surface area contributed by atoms with Crippen LogP contribution in [0.25, 0.3) is 0 Å². The number of ether oxygens (including phenoxy) is 12. The van der Waals surface area contributed by atoms with Gasteiger partial charge in [-0.3, -0.25) is 0 Å². The Morgan fingerprint density at radius 1 is 0.381 bits per heavy atom. The van der Waals surface area contributed by atoms with Crippen molar-refractivity contribution in [3.63, 3.8) is 0 Å². The number of unbranched alkanes of at least 4 members (excludes halogenated alkanes) is 4. The van der Waals surface area contributed by atoms with E-state index in [1.807, 2.05) is 0 Å². The molecule has 0 amide bonds. The Hall–Kier alpha value is -0.480. The summed E-state index contributed by atoms with van der Waals surface area (Å²) in [4.78, 5) is 0. The molecule has 0 aromatic carbocycles. The first-order chi connectivity index (χ1) is 20.8. The molecule has 4 saturated heterocycles. The van der Waals surface area contributed by atoms with Crippen LogP contribution in [0, 0.1) is 0 Å². The molecule has 0 saturated carbocycles. The molecule has 0 bridgehead atoms. The van der Waals surface area contributed by atoms with Crippen molar-refractivity contribution in [1.29, 1.82) is 0 Å². The van der Waals surface area contributed by atoms with Crippen molar-refractivity contribution in [3.05, 3.63) is 0 Å². The highest BCUT2D eigenvalue weighted by Crippen LogP contribution is 2.20. The van der Waals surface area contributed by atoms with Gasteiger partial charge in [-0.15, -0.1) is 0 Å². The van der Waals surface area contributed by atoms with E-state index in [-0.39, 0.29) is 24.9 Å². The van der Waals surface area contributed by atoms with Gasteiger partial charge in [0.15, 0.2) is 0 Å². The van der Waals surface area contributed by atoms with E-state index >= 15 is 0 Å². The molecule has 246 valence electrons. The average Bonchev–Trinajstić information content (AvgIpc) is 3.82. The minimum absolute atomic E-state index is 0.199. The first kappa shape index (κ1) is 34.4. The van der Waals surface area contributed by atoms with Crippen molar-refractivity contribution in [3.8, 4) is 0 Å². The van der Waals surface area contributed by atoms with Gasteiger partial charge < -0.3 is 56.8 Å². The molecule has 4 aliphatic heterocycles. The summed E-state index contributed by atoms with van der Waals surface area (Å²) in [5.74, 6) is -1.26. The highest BCUT2D eigenvalue weighted by Gasteiger charge is 2.34. The quantitative estimate of drug-likeness (QED) is 0.0619. The Labute approximate surface area is 251 Å². The summed E-state index contributed by atoms with van der Waals surface area (Å²) in [6.07, 6.45) is 8.11. The Kier molecular flexibility index (Phi) is 17.4. The summed E-state index contributed by atoms with van der Waals surface area (Å²) in [6.45, 7) is 10.9. The molecule has 4 fully saturated rings. The van der Waals surface area contributed by atoms with E-state index in [9.17, 15) is 0 Å². The van der Waals surface area contributed by atoms with Gasteiger partial charge in [-0.2, -0.15) is 0 Å². The van der Waals surface area contributed by atoms with Gasteiger partial charge in [0.1, 0.15) is 31.0 Å². The molecule has 12 nitrogen and oxygen atoms in total. The maximum Gasteiger partial charge on any atom is 0.307 e. The zero-order valence-corrected chi connectivity index (χ0v) is 25.4. The predicted molar refractivity (Wildman–Crippen MR) is 151 cm³/mol. The van der Waals surface area contributed by atoms with Gasteiger partial charge >= 0.3 is 5.97 Å². The number of hydrogen-bond donors (Lipinski definition) is 0. The predicted octanol–water partition coefficient (Wildman–Crippen LogP) is 2.49. The monoisotopic (exact) mass is 606 g/mol. The van der Waals surface area contributed by atoms with Gasteiger partial charge in [-0.25, -0.2) is 0 Å². The molecular formula is C30H54O12. The van der Waals surface area contributed by atoms with Crippen molar-refractivity contribution in [1.82, 2.24) is 0 Å². The topological polar surface area (TPSA) is 124 Å². The zero-order valence-electron chi connectivity index (χ0n) is 25.4. The molecule has 42 heavy (non-hydrogen) atoms. The fourth-order valence-corrected chi connectivity index (χ4v) is 3.97. The third-order valence-corrected chi connectivity index (χ3v) is 6.95. The van der Waals surface area contributed by atoms with Crippen LogP contribution in [0.5, 0.6) is 0 Å². The van der Waals surface area contributed by atoms with Gasteiger partial charge in [-0.05, 0) is 51.4 Å². The third kappa shape index (κ3) is 18.4. The van der Waals surface area contributed by atoms with Crippen LogP contribution in [-0.4, -0.2) is 143 Å². The van der Waals surface area contributed by atoms with Crippen molar-refractivity contribution in [2.45, 2.75) is 81.8 Å². The second-order valence-electron chi connectivity index (χ2n) is 11.2. The Morgan fingerprint density at radius 3 is 0.929 bits per heavy atom. The molecular weight excluding hydrogens is 552 g/mol. The molecule has 4 aliphatic rings. The molecule has 12 heteroatoms. The van der Waals surface area contributed by atoms with Crippen LogP contribution >= 0.6 is 0 Å². The standard InChI is InChI=1S/C30H54O12/c1(9-31-17-26-21-36-26)2-13-35-25-30(40-14-6-3-10-32-18-27-22-37-27,41-15-7-4-11-33-19-28-23-38-28)42-16-8-5-12-34-20-29-24-39-29/h26-29H,1-25H2. The van der Waals surface area contributed by atoms with Crippen LogP contribution in [0.3, 0.4) is 0 Å². The Balaban J connectivity index is 1.15. The lowest BCUT2D eigenvalue weighted by molar-refractivity contribution is -0.395. The second-order valence-corrected chi connectivity index (χ2v) is 11.2. The molecule has 0 N–H and O–H groups in total. The van der Waals surface area contributed by atoms with E-state index < -0.39 is 5.97 Å². The largest absolute Gasteiger partial charge is 0.379 e. The fourth-order valence-electron chi connectivity index (χ4n) is 3.97. The molecule has 0 aromatic rings. The maximum atomic E-state index is 6.30. The average molecular weight is 607 g/mol. The van der Waals surface area contributed by atoms with Crippen molar-refractivity contribution >= 4 is 0 Å². The smallest absolute Gasteiger partial charge is 0.307 e. The van der Waals surface area contributed by atoms with E-state index in [4.69, 9.17) is 56.8 Å². The van der Waals surface area contributed by atoms with Gasteiger partial charge in [0, 0.05) is 33.0 Å². The molecule has 0 aliphatic carbocycles. The van der Waals surface area contributed by atoms with Crippen LogP contribution in [0.4, 0.5) is 0 Å². The van der Waals surface area contributed by atoms with E-state index in [0.29, 0.717) is 85.4 Å².